The number of carbonyl (C=O) groups is 1. The smallest absolute Gasteiger partial charge is 0.303 e. The Morgan fingerprint density at radius 2 is 2.12 bits per heavy atom. The molecular formula is C25H26N4O5. The number of carboxylic acids is 1. The Morgan fingerprint density at radius 1 is 1.24 bits per heavy atom. The van der Waals surface area contributed by atoms with Crippen molar-refractivity contribution in [1.82, 2.24) is 19.7 Å². The Bertz CT molecular complexity index is 1220. The third-order valence-corrected chi connectivity index (χ3v) is 5.09. The molecule has 0 aliphatic carbocycles. The zero-order valence-corrected chi connectivity index (χ0v) is 19.0. The van der Waals surface area contributed by atoms with Gasteiger partial charge in [0.1, 0.15) is 6.26 Å². The minimum Gasteiger partial charge on any atom is -0.481 e. The number of oxazole rings is 1. The number of aromatic nitrogens is 4. The van der Waals surface area contributed by atoms with Crippen LogP contribution in [-0.4, -0.2) is 37.4 Å². The number of hydrogen-bond donors (Lipinski definition) is 1. The van der Waals surface area contributed by atoms with E-state index in [1.54, 1.807) is 23.1 Å². The van der Waals surface area contributed by atoms with Gasteiger partial charge in [0.15, 0.2) is 0 Å². The summed E-state index contributed by atoms with van der Waals surface area (Å²) >= 11 is 0. The van der Waals surface area contributed by atoms with E-state index in [0.29, 0.717) is 37.2 Å². The molecule has 1 unspecified atom stereocenters. The maximum Gasteiger partial charge on any atom is 0.303 e. The third-order valence-electron chi connectivity index (χ3n) is 5.09. The Balaban J connectivity index is 1.48. The number of ether oxygens (including phenoxy) is 2. The van der Waals surface area contributed by atoms with Crippen molar-refractivity contribution < 1.29 is 23.8 Å². The molecular weight excluding hydrogens is 436 g/mol. The average Bonchev–Trinajstić information content (AvgIpc) is 3.48. The number of benzene rings is 1. The molecule has 0 saturated heterocycles. The molecule has 0 aliphatic rings. The molecule has 176 valence electrons. The van der Waals surface area contributed by atoms with Crippen LogP contribution >= 0.6 is 0 Å². The van der Waals surface area contributed by atoms with Crippen LogP contribution in [0.3, 0.4) is 0 Å². The summed E-state index contributed by atoms with van der Waals surface area (Å²) in [5.41, 5.74) is 3.70. The molecule has 34 heavy (non-hydrogen) atoms. The lowest BCUT2D eigenvalue weighted by atomic mass is 10.1. The van der Waals surface area contributed by atoms with E-state index in [9.17, 15) is 4.79 Å². The predicted molar refractivity (Wildman–Crippen MR) is 123 cm³/mol. The highest BCUT2D eigenvalue weighted by molar-refractivity contribution is 5.67. The lowest BCUT2D eigenvalue weighted by Gasteiger charge is -2.16. The van der Waals surface area contributed by atoms with Gasteiger partial charge in [0.2, 0.25) is 23.8 Å². The van der Waals surface area contributed by atoms with E-state index in [0.717, 1.165) is 22.3 Å². The lowest BCUT2D eigenvalue weighted by molar-refractivity contribution is -0.136. The van der Waals surface area contributed by atoms with Crippen molar-refractivity contribution in [1.29, 1.82) is 0 Å². The fourth-order valence-corrected chi connectivity index (χ4v) is 3.54. The highest BCUT2D eigenvalue weighted by atomic mass is 16.5. The van der Waals surface area contributed by atoms with Gasteiger partial charge >= 0.3 is 5.97 Å². The zero-order valence-electron chi connectivity index (χ0n) is 19.0. The second kappa shape index (κ2) is 10.7. The van der Waals surface area contributed by atoms with Crippen molar-refractivity contribution >= 4 is 5.97 Å². The molecule has 1 atom stereocenters. The number of carboxylic acid groups (broad SMARTS) is 1. The van der Waals surface area contributed by atoms with Gasteiger partial charge in [-0.1, -0.05) is 35.9 Å². The maximum atomic E-state index is 10.9. The maximum absolute atomic E-state index is 10.9. The summed E-state index contributed by atoms with van der Waals surface area (Å²) < 4.78 is 18.9. The van der Waals surface area contributed by atoms with Gasteiger partial charge in [-0.2, -0.15) is 0 Å². The Morgan fingerprint density at radius 3 is 2.79 bits per heavy atom. The molecule has 1 aromatic carbocycles. The SMILES string of the molecule is CCOc1nn(Cc2ccc(OC(c3cccc(C)c3)c3ncco3)nc2)cc1CCC(=O)O. The number of aliphatic carboxylic acids is 1. The van der Waals surface area contributed by atoms with E-state index >= 15 is 0 Å². The summed E-state index contributed by atoms with van der Waals surface area (Å²) in [5, 5.41) is 13.4. The van der Waals surface area contributed by atoms with Crippen LogP contribution < -0.4 is 9.47 Å². The first-order valence-electron chi connectivity index (χ1n) is 11.0. The van der Waals surface area contributed by atoms with Gasteiger partial charge in [-0.05, 0) is 25.8 Å². The van der Waals surface area contributed by atoms with Gasteiger partial charge < -0.3 is 19.0 Å². The van der Waals surface area contributed by atoms with Crippen molar-refractivity contribution in [3.8, 4) is 11.8 Å². The number of nitrogens with zero attached hydrogens (tertiary/aromatic N) is 4. The van der Waals surface area contributed by atoms with Crippen LogP contribution in [-0.2, 0) is 17.8 Å². The monoisotopic (exact) mass is 462 g/mol. The van der Waals surface area contributed by atoms with Crippen LogP contribution in [0.1, 0.15) is 47.6 Å². The zero-order chi connectivity index (χ0) is 23.9. The van der Waals surface area contributed by atoms with Crippen LogP contribution in [0.2, 0.25) is 0 Å². The van der Waals surface area contributed by atoms with Crippen LogP contribution in [0, 0.1) is 6.92 Å². The minimum atomic E-state index is -0.858. The molecule has 0 aliphatic heterocycles. The molecule has 4 rings (SSSR count). The van der Waals surface area contributed by atoms with Crippen molar-refractivity contribution in [2.24, 2.45) is 0 Å². The second-order valence-corrected chi connectivity index (χ2v) is 7.77. The molecule has 1 N–H and O–H groups in total. The summed E-state index contributed by atoms with van der Waals surface area (Å²) in [6.45, 7) is 4.80. The molecule has 4 aromatic rings. The highest BCUT2D eigenvalue weighted by Gasteiger charge is 2.21. The first-order valence-corrected chi connectivity index (χ1v) is 11.0. The normalized spacial score (nSPS) is 11.8. The number of rotatable bonds is 11. The molecule has 0 saturated carbocycles. The molecule has 0 bridgehead atoms. The first-order chi connectivity index (χ1) is 16.5. The van der Waals surface area contributed by atoms with E-state index in [1.807, 2.05) is 50.4 Å². The van der Waals surface area contributed by atoms with Crippen LogP contribution in [0.15, 0.2) is 65.7 Å². The van der Waals surface area contributed by atoms with Gasteiger partial charge in [0, 0.05) is 36.0 Å². The van der Waals surface area contributed by atoms with Crippen molar-refractivity contribution in [2.75, 3.05) is 6.61 Å². The molecule has 3 heterocycles. The van der Waals surface area contributed by atoms with Crippen LogP contribution in [0.5, 0.6) is 11.8 Å². The van der Waals surface area contributed by atoms with Crippen molar-refractivity contribution in [2.45, 2.75) is 39.3 Å². The number of aryl methyl sites for hydroxylation is 2. The number of hydrogen-bond acceptors (Lipinski definition) is 7. The molecule has 0 radical (unpaired) electrons. The van der Waals surface area contributed by atoms with Gasteiger partial charge in [-0.15, -0.1) is 5.10 Å². The van der Waals surface area contributed by atoms with Crippen LogP contribution in [0.25, 0.3) is 0 Å². The van der Waals surface area contributed by atoms with Crippen molar-refractivity contribution in [3.63, 3.8) is 0 Å². The van der Waals surface area contributed by atoms with Crippen molar-refractivity contribution in [3.05, 3.63) is 89.4 Å². The molecule has 0 spiro atoms. The second-order valence-electron chi connectivity index (χ2n) is 7.77. The molecule has 0 fully saturated rings. The topological polar surface area (TPSA) is 113 Å². The molecule has 3 aromatic heterocycles. The van der Waals surface area contributed by atoms with E-state index in [-0.39, 0.29) is 6.42 Å². The fourth-order valence-electron chi connectivity index (χ4n) is 3.54. The Labute approximate surface area is 197 Å². The summed E-state index contributed by atoms with van der Waals surface area (Å²) in [6, 6.07) is 11.7. The molecule has 9 nitrogen and oxygen atoms in total. The van der Waals surface area contributed by atoms with Gasteiger partial charge in [0.25, 0.3) is 0 Å². The highest BCUT2D eigenvalue weighted by Crippen LogP contribution is 2.27. The summed E-state index contributed by atoms with van der Waals surface area (Å²) in [7, 11) is 0. The largest absolute Gasteiger partial charge is 0.481 e. The summed E-state index contributed by atoms with van der Waals surface area (Å²) in [6.07, 6.45) is 6.49. The summed E-state index contributed by atoms with van der Waals surface area (Å²) in [4.78, 5) is 19.7. The molecule has 9 heteroatoms. The van der Waals surface area contributed by atoms with Gasteiger partial charge in [0.05, 0.1) is 19.3 Å². The standard InChI is InChI=1S/C25H26N4O5/c1-3-32-24-20(8-10-22(30)31)16-29(28-24)15-18-7-9-21(27-14-18)34-23(25-26-11-12-33-25)19-6-4-5-17(2)13-19/h4-7,9,11-14,16,23H,3,8,10,15H2,1-2H3,(H,30,31). The van der Waals surface area contributed by atoms with E-state index in [4.69, 9.17) is 19.0 Å². The quantitative estimate of drug-likeness (QED) is 0.353. The van der Waals surface area contributed by atoms with Gasteiger partial charge in [-0.3, -0.25) is 9.48 Å². The first kappa shape index (κ1) is 23.0. The number of pyridine rings is 1. The summed E-state index contributed by atoms with van der Waals surface area (Å²) in [5.74, 6) is 0.490. The van der Waals surface area contributed by atoms with Crippen LogP contribution in [0.4, 0.5) is 0 Å². The van der Waals surface area contributed by atoms with E-state index in [2.05, 4.69) is 15.1 Å². The van der Waals surface area contributed by atoms with Gasteiger partial charge in [-0.25, -0.2) is 9.97 Å². The fraction of sp³-hybridized carbons (Fsp3) is 0.280. The average molecular weight is 463 g/mol. The minimum absolute atomic E-state index is 0.0198. The molecule has 0 amide bonds. The van der Waals surface area contributed by atoms with E-state index in [1.165, 1.54) is 6.26 Å². The Kier molecular flexibility index (Phi) is 7.22. The lowest BCUT2D eigenvalue weighted by Crippen LogP contribution is -2.11. The Hall–Kier alpha value is -4.14. The third kappa shape index (κ3) is 5.80. The van der Waals surface area contributed by atoms with E-state index < -0.39 is 12.1 Å². The predicted octanol–water partition coefficient (Wildman–Crippen LogP) is 4.21.